The van der Waals surface area contributed by atoms with Gasteiger partial charge in [-0.15, -0.1) is 0 Å². The zero-order valence-electron chi connectivity index (χ0n) is 15.5. The lowest BCUT2D eigenvalue weighted by Crippen LogP contribution is -2.51. The van der Waals surface area contributed by atoms with Crippen LogP contribution in [0.1, 0.15) is 41.6 Å². The SMILES string of the molecule is NC(CNC(=O)NC1CCN(C(=O)c2ccccc2C(F)(F)F)CC1)C1CC1. The van der Waals surface area contributed by atoms with Crippen molar-refractivity contribution >= 4 is 11.9 Å². The van der Waals surface area contributed by atoms with E-state index in [0.29, 0.717) is 25.3 Å². The fraction of sp³-hybridized carbons (Fsp3) is 0.579. The normalized spacial score (nSPS) is 19.2. The van der Waals surface area contributed by atoms with Crippen molar-refractivity contribution in [2.45, 2.75) is 43.9 Å². The molecule has 3 amide bonds. The number of amides is 3. The Hall–Kier alpha value is -2.29. The first-order chi connectivity index (χ1) is 13.3. The number of alkyl halides is 3. The van der Waals surface area contributed by atoms with Gasteiger partial charge in [-0.05, 0) is 43.7 Å². The van der Waals surface area contributed by atoms with Crippen LogP contribution in [0.25, 0.3) is 0 Å². The second-order valence-electron chi connectivity index (χ2n) is 7.47. The number of urea groups is 1. The summed E-state index contributed by atoms with van der Waals surface area (Å²) in [5.74, 6) is -0.139. The molecule has 1 aliphatic heterocycles. The Morgan fingerprint density at radius 2 is 1.79 bits per heavy atom. The molecule has 1 heterocycles. The van der Waals surface area contributed by atoms with Crippen molar-refractivity contribution in [3.05, 3.63) is 35.4 Å². The Morgan fingerprint density at radius 1 is 1.14 bits per heavy atom. The highest BCUT2D eigenvalue weighted by atomic mass is 19.4. The fourth-order valence-electron chi connectivity index (χ4n) is 3.45. The second kappa shape index (κ2) is 8.38. The van der Waals surface area contributed by atoms with Crippen molar-refractivity contribution in [2.24, 2.45) is 11.7 Å². The summed E-state index contributed by atoms with van der Waals surface area (Å²) in [6.45, 7) is 0.997. The molecule has 1 saturated carbocycles. The Kier molecular flexibility index (Phi) is 6.12. The molecule has 4 N–H and O–H groups in total. The molecule has 0 aromatic heterocycles. The third-order valence-corrected chi connectivity index (χ3v) is 5.31. The Morgan fingerprint density at radius 3 is 2.39 bits per heavy atom. The minimum absolute atomic E-state index is 0.0288. The lowest BCUT2D eigenvalue weighted by Gasteiger charge is -2.33. The first-order valence-electron chi connectivity index (χ1n) is 9.51. The van der Waals surface area contributed by atoms with Crippen molar-refractivity contribution in [1.29, 1.82) is 0 Å². The van der Waals surface area contributed by atoms with Crippen molar-refractivity contribution < 1.29 is 22.8 Å². The molecule has 3 rings (SSSR count). The van der Waals surface area contributed by atoms with Crippen LogP contribution in [0.4, 0.5) is 18.0 Å². The molecule has 1 saturated heterocycles. The van der Waals surface area contributed by atoms with E-state index in [1.165, 1.54) is 23.1 Å². The maximum absolute atomic E-state index is 13.1. The van der Waals surface area contributed by atoms with Gasteiger partial charge < -0.3 is 21.3 Å². The number of rotatable bonds is 5. The van der Waals surface area contributed by atoms with Gasteiger partial charge in [0.1, 0.15) is 0 Å². The second-order valence-corrected chi connectivity index (χ2v) is 7.47. The number of carbonyl (C=O) groups is 2. The van der Waals surface area contributed by atoms with Crippen LogP contribution >= 0.6 is 0 Å². The van der Waals surface area contributed by atoms with Crippen molar-refractivity contribution in [2.75, 3.05) is 19.6 Å². The largest absolute Gasteiger partial charge is 0.417 e. The molecule has 1 aromatic rings. The summed E-state index contributed by atoms with van der Waals surface area (Å²) in [4.78, 5) is 25.9. The van der Waals surface area contributed by atoms with Crippen LogP contribution in [-0.2, 0) is 6.18 Å². The molecule has 9 heteroatoms. The van der Waals surface area contributed by atoms with Gasteiger partial charge in [0, 0.05) is 31.7 Å². The van der Waals surface area contributed by atoms with Gasteiger partial charge >= 0.3 is 12.2 Å². The number of nitrogens with one attached hydrogen (secondary N) is 2. The van der Waals surface area contributed by atoms with Crippen molar-refractivity contribution in [3.8, 4) is 0 Å². The number of piperidine rings is 1. The number of nitrogens with zero attached hydrogens (tertiary/aromatic N) is 1. The van der Waals surface area contributed by atoms with E-state index >= 15 is 0 Å². The average Bonchev–Trinajstić information content (AvgIpc) is 3.51. The molecular weight excluding hydrogens is 373 g/mol. The molecule has 2 aliphatic rings. The van der Waals surface area contributed by atoms with Crippen LogP contribution in [0.2, 0.25) is 0 Å². The molecule has 0 radical (unpaired) electrons. The number of carbonyl (C=O) groups excluding carboxylic acids is 2. The van der Waals surface area contributed by atoms with Gasteiger partial charge in [0.15, 0.2) is 0 Å². The van der Waals surface area contributed by atoms with Gasteiger partial charge in [-0.25, -0.2) is 4.79 Å². The van der Waals surface area contributed by atoms with Crippen LogP contribution in [0.5, 0.6) is 0 Å². The molecule has 1 unspecified atom stereocenters. The molecule has 1 atom stereocenters. The standard InChI is InChI=1S/C19H25F3N4O2/c20-19(21,22)15-4-2-1-3-14(15)17(27)26-9-7-13(8-10-26)25-18(28)24-11-16(23)12-5-6-12/h1-4,12-13,16H,5-11,23H2,(H2,24,25,28). The van der Waals surface area contributed by atoms with E-state index in [0.717, 1.165) is 18.9 Å². The summed E-state index contributed by atoms with van der Waals surface area (Å²) in [5.41, 5.74) is 4.68. The van der Waals surface area contributed by atoms with Crippen LogP contribution in [0, 0.1) is 5.92 Å². The van der Waals surface area contributed by atoms with E-state index in [-0.39, 0.29) is 36.8 Å². The van der Waals surface area contributed by atoms with Gasteiger partial charge in [-0.1, -0.05) is 12.1 Å². The highest BCUT2D eigenvalue weighted by molar-refractivity contribution is 5.96. The summed E-state index contributed by atoms with van der Waals surface area (Å²) in [7, 11) is 0. The molecular formula is C19H25F3N4O2. The Labute approximate surface area is 161 Å². The Bertz CT molecular complexity index is 713. The minimum atomic E-state index is -4.58. The molecule has 28 heavy (non-hydrogen) atoms. The molecule has 6 nitrogen and oxygen atoms in total. The minimum Gasteiger partial charge on any atom is -0.338 e. The zero-order chi connectivity index (χ0) is 20.3. The third kappa shape index (κ3) is 5.15. The van der Waals surface area contributed by atoms with Gasteiger partial charge in [0.2, 0.25) is 0 Å². The van der Waals surface area contributed by atoms with Gasteiger partial charge in [-0.2, -0.15) is 13.2 Å². The van der Waals surface area contributed by atoms with E-state index in [1.54, 1.807) is 0 Å². The lowest BCUT2D eigenvalue weighted by atomic mass is 10.0. The molecule has 2 fully saturated rings. The van der Waals surface area contributed by atoms with E-state index in [2.05, 4.69) is 10.6 Å². The van der Waals surface area contributed by atoms with E-state index in [9.17, 15) is 22.8 Å². The summed E-state index contributed by atoms with van der Waals surface area (Å²) in [6, 6.07) is 4.35. The molecule has 0 spiro atoms. The monoisotopic (exact) mass is 398 g/mol. The summed E-state index contributed by atoms with van der Waals surface area (Å²) in [6.07, 6.45) is -1.39. The highest BCUT2D eigenvalue weighted by Crippen LogP contribution is 2.33. The van der Waals surface area contributed by atoms with Crippen LogP contribution in [-0.4, -0.2) is 48.6 Å². The fourth-order valence-corrected chi connectivity index (χ4v) is 3.45. The molecule has 1 aromatic carbocycles. The zero-order valence-corrected chi connectivity index (χ0v) is 15.5. The highest BCUT2D eigenvalue weighted by Gasteiger charge is 2.36. The summed E-state index contributed by atoms with van der Waals surface area (Å²) in [5, 5.41) is 5.60. The number of nitrogens with two attached hydrogens (primary N) is 1. The van der Waals surface area contributed by atoms with Crippen molar-refractivity contribution in [3.63, 3.8) is 0 Å². The Balaban J connectivity index is 1.48. The van der Waals surface area contributed by atoms with E-state index < -0.39 is 17.6 Å². The topological polar surface area (TPSA) is 87.5 Å². The van der Waals surface area contributed by atoms with Crippen LogP contribution < -0.4 is 16.4 Å². The maximum atomic E-state index is 13.1. The number of likely N-dealkylation sites (tertiary alicyclic amines) is 1. The van der Waals surface area contributed by atoms with Gasteiger partial charge in [-0.3, -0.25) is 4.79 Å². The van der Waals surface area contributed by atoms with Crippen LogP contribution in [0.3, 0.4) is 0 Å². The van der Waals surface area contributed by atoms with Crippen LogP contribution in [0.15, 0.2) is 24.3 Å². The molecule has 154 valence electrons. The van der Waals surface area contributed by atoms with E-state index in [4.69, 9.17) is 5.73 Å². The quantitative estimate of drug-likeness (QED) is 0.712. The summed E-state index contributed by atoms with van der Waals surface area (Å²) >= 11 is 0. The summed E-state index contributed by atoms with van der Waals surface area (Å²) < 4.78 is 39.4. The van der Waals surface area contributed by atoms with E-state index in [1.807, 2.05) is 0 Å². The average molecular weight is 398 g/mol. The smallest absolute Gasteiger partial charge is 0.338 e. The number of benzene rings is 1. The van der Waals surface area contributed by atoms with Crippen molar-refractivity contribution in [1.82, 2.24) is 15.5 Å². The molecule has 1 aliphatic carbocycles. The van der Waals surface area contributed by atoms with Gasteiger partial charge in [0.25, 0.3) is 5.91 Å². The number of halogens is 3. The predicted molar refractivity (Wildman–Crippen MR) is 97.6 cm³/mol. The van der Waals surface area contributed by atoms with Gasteiger partial charge in [0.05, 0.1) is 11.1 Å². The predicted octanol–water partition coefficient (Wildman–Crippen LogP) is 2.35. The molecule has 0 bridgehead atoms. The lowest BCUT2D eigenvalue weighted by molar-refractivity contribution is -0.138. The third-order valence-electron chi connectivity index (χ3n) is 5.31. The number of hydrogen-bond donors (Lipinski definition) is 3. The maximum Gasteiger partial charge on any atom is 0.417 e. The first-order valence-corrected chi connectivity index (χ1v) is 9.51. The number of hydrogen-bond acceptors (Lipinski definition) is 3. The first kappa shape index (κ1) is 20.4.